The highest BCUT2D eigenvalue weighted by Crippen LogP contribution is 2.12. The Bertz CT molecular complexity index is 360. The topological polar surface area (TPSA) is 31.1 Å². The smallest absolute Gasteiger partial charge is 0.0367 e. The first-order valence-corrected chi connectivity index (χ1v) is 6.05. The number of benzene rings is 1. The maximum atomic E-state index is 3.34. The third-order valence-corrected chi connectivity index (χ3v) is 2.73. The summed E-state index contributed by atoms with van der Waals surface area (Å²) < 4.78 is 0. The van der Waals surface area contributed by atoms with Crippen LogP contribution in [0.3, 0.4) is 0 Å². The van der Waals surface area contributed by atoms with Crippen molar-refractivity contribution in [3.8, 4) is 0 Å². The van der Waals surface area contributed by atoms with Gasteiger partial charge in [-0.15, -0.1) is 0 Å². The fourth-order valence-corrected chi connectivity index (χ4v) is 1.84. The molecule has 3 nitrogen and oxygen atoms in total. The normalized spacial score (nSPS) is 14.9. The molecule has 1 aromatic heterocycles. The predicted molar refractivity (Wildman–Crippen MR) is 72.3 cm³/mol. The SMILES string of the molecule is c1cc[nH]c1.c1ccc(N2CCNCC2)cc1. The Labute approximate surface area is 102 Å². The summed E-state index contributed by atoms with van der Waals surface area (Å²) in [6.45, 7) is 4.47. The number of hydrogen-bond donors (Lipinski definition) is 2. The van der Waals surface area contributed by atoms with Gasteiger partial charge in [0.25, 0.3) is 0 Å². The van der Waals surface area contributed by atoms with Crippen LogP contribution in [-0.2, 0) is 0 Å². The minimum absolute atomic E-state index is 1.11. The van der Waals surface area contributed by atoms with Gasteiger partial charge in [-0.1, -0.05) is 18.2 Å². The molecule has 1 fully saturated rings. The fourth-order valence-electron chi connectivity index (χ4n) is 1.84. The number of nitrogens with zero attached hydrogens (tertiary/aromatic N) is 1. The fraction of sp³-hybridized carbons (Fsp3) is 0.286. The Kier molecular flexibility index (Phi) is 4.67. The first kappa shape index (κ1) is 11.7. The average Bonchev–Trinajstić information content (AvgIpc) is 3.00. The van der Waals surface area contributed by atoms with Crippen molar-refractivity contribution in [3.05, 3.63) is 54.9 Å². The lowest BCUT2D eigenvalue weighted by atomic mass is 10.2. The molecule has 0 spiro atoms. The van der Waals surface area contributed by atoms with E-state index in [9.17, 15) is 0 Å². The van der Waals surface area contributed by atoms with Gasteiger partial charge in [-0.3, -0.25) is 0 Å². The van der Waals surface area contributed by atoms with E-state index in [2.05, 4.69) is 45.5 Å². The Balaban J connectivity index is 0.000000181. The minimum Gasteiger partial charge on any atom is -0.369 e. The van der Waals surface area contributed by atoms with E-state index >= 15 is 0 Å². The highest BCUT2D eigenvalue weighted by atomic mass is 15.2. The van der Waals surface area contributed by atoms with Crippen molar-refractivity contribution in [1.82, 2.24) is 10.3 Å². The lowest BCUT2D eigenvalue weighted by Crippen LogP contribution is -2.43. The summed E-state index contributed by atoms with van der Waals surface area (Å²) in [6.07, 6.45) is 3.75. The number of piperazine rings is 1. The predicted octanol–water partition coefficient (Wildman–Crippen LogP) is 2.11. The molecule has 0 bridgehead atoms. The zero-order valence-electron chi connectivity index (χ0n) is 9.97. The first-order valence-electron chi connectivity index (χ1n) is 6.05. The molecule has 1 aliphatic heterocycles. The van der Waals surface area contributed by atoms with Gasteiger partial charge in [0.1, 0.15) is 0 Å². The van der Waals surface area contributed by atoms with Gasteiger partial charge in [0.05, 0.1) is 0 Å². The molecule has 0 atom stereocenters. The largest absolute Gasteiger partial charge is 0.369 e. The second kappa shape index (κ2) is 6.76. The third kappa shape index (κ3) is 3.96. The van der Waals surface area contributed by atoms with Crippen LogP contribution in [0.4, 0.5) is 5.69 Å². The van der Waals surface area contributed by atoms with Crippen molar-refractivity contribution in [2.24, 2.45) is 0 Å². The molecule has 0 saturated carbocycles. The van der Waals surface area contributed by atoms with Crippen LogP contribution in [-0.4, -0.2) is 31.2 Å². The average molecular weight is 229 g/mol. The molecular weight excluding hydrogens is 210 g/mol. The number of hydrogen-bond acceptors (Lipinski definition) is 2. The zero-order chi connectivity index (χ0) is 11.8. The summed E-state index contributed by atoms with van der Waals surface area (Å²) in [7, 11) is 0. The Morgan fingerprint density at radius 2 is 1.47 bits per heavy atom. The summed E-state index contributed by atoms with van der Waals surface area (Å²) in [5.74, 6) is 0. The van der Waals surface area contributed by atoms with E-state index in [0.717, 1.165) is 26.2 Å². The number of aromatic nitrogens is 1. The molecule has 2 heterocycles. The molecule has 1 saturated heterocycles. The molecule has 90 valence electrons. The molecule has 1 aliphatic rings. The molecule has 2 N–H and O–H groups in total. The molecule has 0 radical (unpaired) electrons. The highest BCUT2D eigenvalue weighted by Gasteiger charge is 2.08. The van der Waals surface area contributed by atoms with E-state index in [0.29, 0.717) is 0 Å². The van der Waals surface area contributed by atoms with Gasteiger partial charge in [0.15, 0.2) is 0 Å². The lowest BCUT2D eigenvalue weighted by molar-refractivity contribution is 0.589. The van der Waals surface area contributed by atoms with Crippen LogP contribution >= 0.6 is 0 Å². The summed E-state index contributed by atoms with van der Waals surface area (Å²) in [4.78, 5) is 5.27. The number of rotatable bonds is 1. The maximum absolute atomic E-state index is 3.34. The van der Waals surface area contributed by atoms with Crippen LogP contribution in [0.2, 0.25) is 0 Å². The van der Waals surface area contributed by atoms with Crippen LogP contribution in [0.15, 0.2) is 54.9 Å². The summed E-state index contributed by atoms with van der Waals surface area (Å²) in [5.41, 5.74) is 1.35. The summed E-state index contributed by atoms with van der Waals surface area (Å²) in [5, 5.41) is 3.34. The van der Waals surface area contributed by atoms with Gasteiger partial charge in [0, 0.05) is 44.3 Å². The lowest BCUT2D eigenvalue weighted by Gasteiger charge is -2.29. The van der Waals surface area contributed by atoms with Crippen molar-refractivity contribution in [2.75, 3.05) is 31.1 Å². The van der Waals surface area contributed by atoms with E-state index in [1.165, 1.54) is 5.69 Å². The molecule has 0 unspecified atom stereocenters. The monoisotopic (exact) mass is 229 g/mol. The molecule has 17 heavy (non-hydrogen) atoms. The number of aromatic amines is 1. The first-order chi connectivity index (χ1) is 8.47. The van der Waals surface area contributed by atoms with Gasteiger partial charge < -0.3 is 15.2 Å². The van der Waals surface area contributed by atoms with Crippen molar-refractivity contribution >= 4 is 5.69 Å². The molecule has 0 amide bonds. The van der Waals surface area contributed by atoms with E-state index in [1.807, 2.05) is 24.5 Å². The highest BCUT2D eigenvalue weighted by molar-refractivity contribution is 5.46. The van der Waals surface area contributed by atoms with E-state index in [-0.39, 0.29) is 0 Å². The van der Waals surface area contributed by atoms with Crippen molar-refractivity contribution < 1.29 is 0 Å². The number of para-hydroxylation sites is 1. The maximum Gasteiger partial charge on any atom is 0.0367 e. The summed E-state index contributed by atoms with van der Waals surface area (Å²) >= 11 is 0. The van der Waals surface area contributed by atoms with Gasteiger partial charge >= 0.3 is 0 Å². The van der Waals surface area contributed by atoms with Crippen LogP contribution in [0, 0.1) is 0 Å². The van der Waals surface area contributed by atoms with E-state index in [4.69, 9.17) is 0 Å². The molecule has 2 aromatic rings. The Morgan fingerprint density at radius 1 is 0.824 bits per heavy atom. The van der Waals surface area contributed by atoms with Gasteiger partial charge in [-0.25, -0.2) is 0 Å². The molecule has 3 heteroatoms. The standard InChI is InChI=1S/C10H14N2.C4H5N/c1-2-4-10(5-3-1)12-8-6-11-7-9-12;1-2-4-5-3-1/h1-5,11H,6-9H2;1-5H. The second-order valence-electron chi connectivity index (χ2n) is 3.96. The number of nitrogens with one attached hydrogen (secondary N) is 2. The van der Waals surface area contributed by atoms with Crippen LogP contribution in [0.1, 0.15) is 0 Å². The second-order valence-corrected chi connectivity index (χ2v) is 3.96. The molecule has 1 aromatic carbocycles. The third-order valence-electron chi connectivity index (χ3n) is 2.73. The van der Waals surface area contributed by atoms with Crippen LogP contribution in [0.25, 0.3) is 0 Å². The quantitative estimate of drug-likeness (QED) is 0.784. The van der Waals surface area contributed by atoms with E-state index in [1.54, 1.807) is 0 Å². The van der Waals surface area contributed by atoms with Gasteiger partial charge in [-0.2, -0.15) is 0 Å². The van der Waals surface area contributed by atoms with E-state index < -0.39 is 0 Å². The van der Waals surface area contributed by atoms with Gasteiger partial charge in [-0.05, 0) is 24.3 Å². The van der Waals surface area contributed by atoms with Crippen molar-refractivity contribution in [1.29, 1.82) is 0 Å². The zero-order valence-corrected chi connectivity index (χ0v) is 9.97. The van der Waals surface area contributed by atoms with Crippen molar-refractivity contribution in [3.63, 3.8) is 0 Å². The summed E-state index contributed by atoms with van der Waals surface area (Å²) in [6, 6.07) is 14.5. The number of H-pyrrole nitrogens is 1. The molecule has 3 rings (SSSR count). The van der Waals surface area contributed by atoms with Crippen LogP contribution in [0.5, 0.6) is 0 Å². The molecule has 0 aliphatic carbocycles. The van der Waals surface area contributed by atoms with Crippen molar-refractivity contribution in [2.45, 2.75) is 0 Å². The number of anilines is 1. The van der Waals surface area contributed by atoms with Gasteiger partial charge in [0.2, 0.25) is 0 Å². The van der Waals surface area contributed by atoms with Crippen LogP contribution < -0.4 is 10.2 Å². The minimum atomic E-state index is 1.11. The molecular formula is C14H19N3. The Morgan fingerprint density at radius 3 is 2.00 bits per heavy atom. The Hall–Kier alpha value is -1.74.